The number of quaternary nitrogens is 1. The molecule has 0 radical (unpaired) electrons. The number of likely N-dealkylation sites (tertiary alicyclic amines) is 1. The summed E-state index contributed by atoms with van der Waals surface area (Å²) in [5, 5.41) is 7.34. The van der Waals surface area contributed by atoms with Gasteiger partial charge in [-0.15, -0.1) is 0 Å². The molecule has 0 bridgehead atoms. The van der Waals surface area contributed by atoms with E-state index in [0.29, 0.717) is 58.6 Å². The Hall–Kier alpha value is -4.34. The van der Waals surface area contributed by atoms with E-state index >= 15 is 0 Å². The fourth-order valence-corrected chi connectivity index (χ4v) is 4.92. The zero-order valence-corrected chi connectivity index (χ0v) is 22.0. The molecular weight excluding hydrogens is 516 g/mol. The Morgan fingerprint density at radius 1 is 1.00 bits per heavy atom. The molecule has 1 aliphatic rings. The zero-order valence-electron chi connectivity index (χ0n) is 21.3. The van der Waals surface area contributed by atoms with Crippen molar-refractivity contribution < 1.29 is 18.8 Å². The summed E-state index contributed by atoms with van der Waals surface area (Å²) in [5.41, 5.74) is 2.74. The molecular formula is C29H28ClN6O3+. The summed E-state index contributed by atoms with van der Waals surface area (Å²) < 4.78 is 5.54. The molecule has 5 rings (SSSR count). The van der Waals surface area contributed by atoms with Crippen LogP contribution in [0.5, 0.6) is 5.75 Å². The highest BCUT2D eigenvalue weighted by atomic mass is 35.5. The third kappa shape index (κ3) is 5.74. The van der Waals surface area contributed by atoms with Crippen LogP contribution in [0.4, 0.5) is 22.0 Å². The van der Waals surface area contributed by atoms with E-state index in [2.05, 4.69) is 32.2 Å². The lowest BCUT2D eigenvalue weighted by Gasteiger charge is -2.35. The highest BCUT2D eigenvalue weighted by molar-refractivity contribution is 6.32. The van der Waals surface area contributed by atoms with Gasteiger partial charge in [-0.2, -0.15) is 4.48 Å². The topological polar surface area (TPSA) is 106 Å². The van der Waals surface area contributed by atoms with Gasteiger partial charge in [-0.25, -0.2) is 19.6 Å². The lowest BCUT2D eigenvalue weighted by molar-refractivity contribution is -0.774. The summed E-state index contributed by atoms with van der Waals surface area (Å²) in [6.45, 7) is 4.83. The minimum Gasteiger partial charge on any atom is -0.486 e. The molecule has 2 N–H and O–H groups in total. The van der Waals surface area contributed by atoms with Crippen LogP contribution in [0.3, 0.4) is 0 Å². The number of benzene rings is 2. The van der Waals surface area contributed by atoms with Gasteiger partial charge < -0.3 is 10.1 Å². The quantitative estimate of drug-likeness (QED) is 0.210. The number of ether oxygens (including phenoxy) is 1. The molecule has 2 aromatic heterocycles. The molecule has 1 fully saturated rings. The highest BCUT2D eigenvalue weighted by Crippen LogP contribution is 2.32. The number of amides is 3. The van der Waals surface area contributed by atoms with Crippen LogP contribution in [-0.4, -0.2) is 44.5 Å². The van der Waals surface area contributed by atoms with Crippen molar-refractivity contribution in [1.82, 2.24) is 15.0 Å². The maximum atomic E-state index is 13.3. The average molecular weight is 544 g/mol. The number of aromatic nitrogens is 3. The fourth-order valence-electron chi connectivity index (χ4n) is 4.68. The van der Waals surface area contributed by atoms with E-state index in [1.807, 2.05) is 24.3 Å². The van der Waals surface area contributed by atoms with Crippen molar-refractivity contribution in [3.05, 3.63) is 90.5 Å². The third-order valence-corrected chi connectivity index (χ3v) is 7.04. The Kier molecular flexibility index (Phi) is 7.81. The van der Waals surface area contributed by atoms with Gasteiger partial charge in [0, 0.05) is 29.0 Å². The number of fused-ring (bicyclic) bond motifs is 1. The van der Waals surface area contributed by atoms with Crippen LogP contribution < -0.4 is 15.4 Å². The number of carbonyl (C=O) groups is 2. The first-order valence-electron chi connectivity index (χ1n) is 12.7. The van der Waals surface area contributed by atoms with E-state index in [0.717, 1.165) is 25.0 Å². The van der Waals surface area contributed by atoms with Crippen LogP contribution in [0.2, 0.25) is 5.02 Å². The van der Waals surface area contributed by atoms with E-state index < -0.39 is 0 Å². The average Bonchev–Trinajstić information content (AvgIpc) is 2.97. The zero-order chi connectivity index (χ0) is 27.2. The number of hydrogen-bond acceptors (Lipinski definition) is 7. The number of halogens is 1. The van der Waals surface area contributed by atoms with Crippen molar-refractivity contribution in [3.8, 4) is 5.75 Å². The highest BCUT2D eigenvalue weighted by Gasteiger charge is 2.44. The molecule has 1 saturated heterocycles. The molecule has 39 heavy (non-hydrogen) atoms. The van der Waals surface area contributed by atoms with Crippen molar-refractivity contribution in [2.45, 2.75) is 25.9 Å². The van der Waals surface area contributed by atoms with Gasteiger partial charge in [0.15, 0.2) is 0 Å². The van der Waals surface area contributed by atoms with E-state index in [9.17, 15) is 9.59 Å². The molecule has 3 heterocycles. The van der Waals surface area contributed by atoms with Crippen molar-refractivity contribution >= 4 is 51.6 Å². The molecule has 1 aliphatic heterocycles. The van der Waals surface area contributed by atoms with E-state index in [-0.39, 0.29) is 16.4 Å². The molecule has 0 unspecified atom stereocenters. The number of pyridine rings is 1. The Morgan fingerprint density at radius 2 is 1.82 bits per heavy atom. The van der Waals surface area contributed by atoms with E-state index in [1.165, 1.54) is 12.4 Å². The number of anilines is 3. The number of urea groups is 1. The number of nitrogens with one attached hydrogen (secondary N) is 2. The second-order valence-electron chi connectivity index (χ2n) is 9.28. The number of piperidine rings is 1. The molecule has 198 valence electrons. The second kappa shape index (κ2) is 11.6. The summed E-state index contributed by atoms with van der Waals surface area (Å²) in [7, 11) is 0. The van der Waals surface area contributed by atoms with Crippen LogP contribution in [0, 0.1) is 0 Å². The Labute approximate surface area is 231 Å². The van der Waals surface area contributed by atoms with Gasteiger partial charge in [0.2, 0.25) is 0 Å². The lowest BCUT2D eigenvalue weighted by atomic mass is 10.1. The summed E-state index contributed by atoms with van der Waals surface area (Å²) in [5.74, 6) is 0.788. The van der Waals surface area contributed by atoms with Gasteiger partial charge in [0.25, 0.3) is 0 Å². The maximum absolute atomic E-state index is 13.3. The molecule has 2 aromatic carbocycles. The standard InChI is InChI=1S/C29H27ClN6O3/c1-2-27(37)36(14-6-3-7-15-36)29(38)35-20-9-11-25-23(16-20)28(33-19-32-25)34-21-10-12-26(24(30)17-21)39-18-22-8-4-5-13-31-22/h2,4-5,8-13,16-17,19H,1,3,6-7,14-15,18H2,(H-,32,33,34,35,38)/p+1. The first kappa shape index (κ1) is 26.3. The van der Waals surface area contributed by atoms with Crippen LogP contribution in [0.15, 0.2) is 79.8 Å². The van der Waals surface area contributed by atoms with Crippen molar-refractivity contribution in [3.63, 3.8) is 0 Å². The van der Waals surface area contributed by atoms with Crippen LogP contribution in [0.25, 0.3) is 10.9 Å². The van der Waals surface area contributed by atoms with E-state index in [1.54, 1.807) is 36.5 Å². The minimum absolute atomic E-state index is 0.273. The van der Waals surface area contributed by atoms with Gasteiger partial charge in [-0.3, -0.25) is 10.3 Å². The number of rotatable bonds is 7. The number of hydrogen-bond donors (Lipinski definition) is 2. The molecule has 3 amide bonds. The third-order valence-electron chi connectivity index (χ3n) is 6.75. The second-order valence-corrected chi connectivity index (χ2v) is 9.69. The van der Waals surface area contributed by atoms with Gasteiger partial charge >= 0.3 is 11.9 Å². The monoisotopic (exact) mass is 543 g/mol. The molecule has 0 spiro atoms. The van der Waals surface area contributed by atoms with E-state index in [4.69, 9.17) is 16.3 Å². The summed E-state index contributed by atoms with van der Waals surface area (Å²) >= 11 is 6.49. The predicted molar refractivity (Wildman–Crippen MR) is 151 cm³/mol. The predicted octanol–water partition coefficient (Wildman–Crippen LogP) is 6.25. The lowest BCUT2D eigenvalue weighted by Crippen LogP contribution is -2.60. The molecule has 0 atom stereocenters. The van der Waals surface area contributed by atoms with Crippen LogP contribution in [-0.2, 0) is 11.4 Å². The first-order valence-corrected chi connectivity index (χ1v) is 13.1. The largest absolute Gasteiger partial charge is 0.486 e. The van der Waals surface area contributed by atoms with Gasteiger partial charge in [-0.05, 0) is 67.8 Å². The number of carbonyl (C=O) groups excluding carboxylic acids is 2. The molecule has 9 nitrogen and oxygen atoms in total. The Bertz CT molecular complexity index is 1520. The number of nitrogens with zero attached hydrogens (tertiary/aromatic N) is 4. The minimum atomic E-state index is -0.363. The fraction of sp³-hybridized carbons (Fsp3) is 0.207. The molecule has 4 aromatic rings. The van der Waals surface area contributed by atoms with Gasteiger partial charge in [0.1, 0.15) is 24.5 Å². The summed E-state index contributed by atoms with van der Waals surface area (Å²) in [6, 6.07) is 16.0. The molecule has 0 saturated carbocycles. The Morgan fingerprint density at radius 3 is 2.56 bits per heavy atom. The molecule has 10 heteroatoms. The number of imide groups is 1. The van der Waals surface area contributed by atoms with Crippen LogP contribution in [0.1, 0.15) is 25.0 Å². The van der Waals surface area contributed by atoms with Gasteiger partial charge in [-0.1, -0.05) is 24.2 Å². The smallest absolute Gasteiger partial charge is 0.428 e. The van der Waals surface area contributed by atoms with Crippen molar-refractivity contribution in [1.29, 1.82) is 0 Å². The van der Waals surface area contributed by atoms with Crippen molar-refractivity contribution in [2.75, 3.05) is 23.7 Å². The Balaban J connectivity index is 1.35. The first-order chi connectivity index (χ1) is 19.0. The van der Waals surface area contributed by atoms with Crippen molar-refractivity contribution in [2.24, 2.45) is 0 Å². The van der Waals surface area contributed by atoms with Crippen LogP contribution >= 0.6 is 11.6 Å². The SMILES string of the molecule is C=CC(=O)[N+]1(C(=O)Nc2ccc3ncnc(Nc4ccc(OCc5ccccn5)c(Cl)c4)c3c2)CCCCC1. The molecule has 0 aliphatic carbocycles. The normalized spacial score (nSPS) is 14.4. The summed E-state index contributed by atoms with van der Waals surface area (Å²) in [6.07, 6.45) is 7.03. The maximum Gasteiger partial charge on any atom is 0.428 e. The summed E-state index contributed by atoms with van der Waals surface area (Å²) in [4.78, 5) is 39.0. The van der Waals surface area contributed by atoms with Gasteiger partial charge in [0.05, 0.1) is 29.3 Å².